The van der Waals surface area contributed by atoms with E-state index < -0.39 is 0 Å². The number of nitrogens with one attached hydrogen (secondary N) is 1. The summed E-state index contributed by atoms with van der Waals surface area (Å²) in [6.07, 6.45) is 5.02. The third-order valence-corrected chi connectivity index (χ3v) is 4.91. The van der Waals surface area contributed by atoms with Gasteiger partial charge in [0.25, 0.3) is 0 Å². The van der Waals surface area contributed by atoms with Crippen LogP contribution in [0.15, 0.2) is 18.2 Å². The molecule has 1 aliphatic heterocycles. The molecule has 1 N–H and O–H groups in total. The van der Waals surface area contributed by atoms with Gasteiger partial charge in [0.15, 0.2) is 0 Å². The number of halogens is 2. The van der Waals surface area contributed by atoms with Gasteiger partial charge in [-0.1, -0.05) is 36.5 Å². The van der Waals surface area contributed by atoms with Crippen molar-refractivity contribution in [2.24, 2.45) is 0 Å². The van der Waals surface area contributed by atoms with Crippen LogP contribution in [0.25, 0.3) is 0 Å². The molecule has 1 heterocycles. The van der Waals surface area contributed by atoms with E-state index in [4.69, 9.17) is 23.2 Å². The molecule has 1 saturated heterocycles. The Kier molecular flexibility index (Phi) is 6.81. The molecule has 0 aromatic heterocycles. The Hall–Kier alpha value is -0.280. The lowest BCUT2D eigenvalue weighted by Crippen LogP contribution is -2.43. The van der Waals surface area contributed by atoms with Crippen molar-refractivity contribution in [1.29, 1.82) is 0 Å². The molecule has 1 aromatic rings. The quantitative estimate of drug-likeness (QED) is 0.798. The van der Waals surface area contributed by atoms with Crippen LogP contribution in [0.5, 0.6) is 0 Å². The van der Waals surface area contributed by atoms with Crippen molar-refractivity contribution in [3.63, 3.8) is 0 Å². The molecule has 0 aliphatic carbocycles. The summed E-state index contributed by atoms with van der Waals surface area (Å²) in [7, 11) is 0. The lowest BCUT2D eigenvalue weighted by Gasteiger charge is -2.34. The first-order valence-corrected chi connectivity index (χ1v) is 8.79. The minimum atomic E-state index is 0.239. The summed E-state index contributed by atoms with van der Waals surface area (Å²) in [5.74, 6) is 0. The van der Waals surface area contributed by atoms with Crippen LogP contribution in [0.2, 0.25) is 10.0 Å². The van der Waals surface area contributed by atoms with Crippen molar-refractivity contribution >= 4 is 23.2 Å². The maximum atomic E-state index is 6.28. The summed E-state index contributed by atoms with van der Waals surface area (Å²) in [4.78, 5) is 2.58. The number of nitrogens with zero attached hydrogens (tertiary/aromatic N) is 1. The molecule has 1 aliphatic rings. The van der Waals surface area contributed by atoms with Crippen LogP contribution in [0.4, 0.5) is 0 Å². The fourth-order valence-electron chi connectivity index (χ4n) is 2.99. The molecule has 21 heavy (non-hydrogen) atoms. The minimum absolute atomic E-state index is 0.239. The summed E-state index contributed by atoms with van der Waals surface area (Å²) >= 11 is 12.4. The second-order valence-electron chi connectivity index (χ2n) is 6.02. The van der Waals surface area contributed by atoms with E-state index in [-0.39, 0.29) is 6.04 Å². The molecule has 0 saturated carbocycles. The maximum absolute atomic E-state index is 6.28. The van der Waals surface area contributed by atoms with Gasteiger partial charge in [-0.05, 0) is 69.6 Å². The van der Waals surface area contributed by atoms with Crippen LogP contribution < -0.4 is 5.32 Å². The summed E-state index contributed by atoms with van der Waals surface area (Å²) in [6, 6.07) is 6.51. The monoisotopic (exact) mass is 328 g/mol. The highest BCUT2D eigenvalue weighted by Crippen LogP contribution is 2.27. The normalized spacial score (nSPS) is 18.9. The van der Waals surface area contributed by atoms with Gasteiger partial charge in [0.1, 0.15) is 0 Å². The van der Waals surface area contributed by atoms with Crippen molar-refractivity contribution in [3.8, 4) is 0 Å². The molecule has 0 amide bonds. The van der Waals surface area contributed by atoms with E-state index in [9.17, 15) is 0 Å². The topological polar surface area (TPSA) is 15.3 Å². The van der Waals surface area contributed by atoms with Crippen molar-refractivity contribution in [1.82, 2.24) is 10.2 Å². The van der Waals surface area contributed by atoms with Crippen molar-refractivity contribution in [3.05, 3.63) is 33.8 Å². The van der Waals surface area contributed by atoms with E-state index >= 15 is 0 Å². The Morgan fingerprint density at radius 2 is 2.00 bits per heavy atom. The number of unbranched alkanes of at least 4 members (excludes halogenated alkanes) is 1. The summed E-state index contributed by atoms with van der Waals surface area (Å²) < 4.78 is 0. The molecule has 0 bridgehead atoms. The van der Waals surface area contributed by atoms with Gasteiger partial charge < -0.3 is 10.2 Å². The zero-order chi connectivity index (χ0) is 15.2. The van der Waals surface area contributed by atoms with Crippen LogP contribution >= 0.6 is 23.2 Å². The van der Waals surface area contributed by atoms with E-state index in [1.165, 1.54) is 45.3 Å². The summed E-state index contributed by atoms with van der Waals surface area (Å²) in [5, 5.41) is 5.25. The smallest absolute Gasteiger partial charge is 0.0454 e. The molecule has 0 spiro atoms. The van der Waals surface area contributed by atoms with Gasteiger partial charge in [0, 0.05) is 22.1 Å². The second-order valence-corrected chi connectivity index (χ2v) is 6.87. The first kappa shape index (κ1) is 17.1. The average molecular weight is 329 g/mol. The van der Waals surface area contributed by atoms with Crippen molar-refractivity contribution < 1.29 is 0 Å². The molecule has 0 radical (unpaired) electrons. The van der Waals surface area contributed by atoms with Crippen LogP contribution in [0, 0.1) is 0 Å². The van der Waals surface area contributed by atoms with Crippen LogP contribution in [0.1, 0.15) is 51.1 Å². The van der Waals surface area contributed by atoms with Gasteiger partial charge in [-0.3, -0.25) is 0 Å². The molecule has 2 nitrogen and oxygen atoms in total. The molecule has 118 valence electrons. The van der Waals surface area contributed by atoms with E-state index in [1.807, 2.05) is 18.2 Å². The lowest BCUT2D eigenvalue weighted by atomic mass is 10.0. The van der Waals surface area contributed by atoms with E-state index in [2.05, 4.69) is 24.1 Å². The van der Waals surface area contributed by atoms with Crippen LogP contribution in [0.3, 0.4) is 0 Å². The van der Waals surface area contributed by atoms with Crippen molar-refractivity contribution in [2.75, 3.05) is 19.6 Å². The fourth-order valence-corrected chi connectivity index (χ4v) is 3.46. The van der Waals surface area contributed by atoms with E-state index in [0.717, 1.165) is 15.6 Å². The fraction of sp³-hybridized carbons (Fsp3) is 0.647. The molecule has 2 rings (SSSR count). The third-order valence-electron chi connectivity index (χ3n) is 4.33. The molecule has 1 unspecified atom stereocenters. The highest BCUT2D eigenvalue weighted by Gasteiger charge is 2.21. The first-order valence-electron chi connectivity index (χ1n) is 8.03. The Bertz CT molecular complexity index is 442. The summed E-state index contributed by atoms with van der Waals surface area (Å²) in [5.41, 5.74) is 1.09. The lowest BCUT2D eigenvalue weighted by molar-refractivity contribution is 0.190. The van der Waals surface area contributed by atoms with Gasteiger partial charge in [-0.2, -0.15) is 0 Å². The van der Waals surface area contributed by atoms with Crippen molar-refractivity contribution in [2.45, 2.75) is 51.6 Å². The predicted octanol–water partition coefficient (Wildman–Crippen LogP) is 4.91. The Morgan fingerprint density at radius 1 is 1.29 bits per heavy atom. The molecule has 1 fully saturated rings. The first-order chi connectivity index (χ1) is 10.1. The maximum Gasteiger partial charge on any atom is 0.0454 e. The van der Waals surface area contributed by atoms with Gasteiger partial charge >= 0.3 is 0 Å². The van der Waals surface area contributed by atoms with Crippen LogP contribution in [-0.4, -0.2) is 30.6 Å². The number of benzene rings is 1. The number of hydrogen-bond acceptors (Lipinski definition) is 2. The molecule has 1 aromatic carbocycles. The zero-order valence-electron chi connectivity index (χ0n) is 13.0. The summed E-state index contributed by atoms with van der Waals surface area (Å²) in [6.45, 7) is 8.08. The third kappa shape index (κ3) is 5.14. The van der Waals surface area contributed by atoms with Gasteiger partial charge in [0.05, 0.1) is 0 Å². The Morgan fingerprint density at radius 3 is 2.67 bits per heavy atom. The highest BCUT2D eigenvalue weighted by atomic mass is 35.5. The van der Waals surface area contributed by atoms with E-state index in [0.29, 0.717) is 6.04 Å². The number of likely N-dealkylation sites (tertiary alicyclic amines) is 1. The molecule has 4 heteroatoms. The highest BCUT2D eigenvalue weighted by molar-refractivity contribution is 6.33. The minimum Gasteiger partial charge on any atom is -0.307 e. The van der Waals surface area contributed by atoms with Crippen LogP contribution in [-0.2, 0) is 0 Å². The SMILES string of the molecule is CCCCN1CCC(NC(C)c2cc(Cl)ccc2Cl)CC1. The average Bonchev–Trinajstić information content (AvgIpc) is 2.49. The second kappa shape index (κ2) is 8.38. The number of piperidine rings is 1. The standard InChI is InChI=1S/C17H26Cl2N2/c1-3-4-9-21-10-7-15(8-11-21)20-13(2)16-12-14(18)5-6-17(16)19/h5-6,12-13,15,20H,3-4,7-11H2,1-2H3. The molecular formula is C17H26Cl2N2. The number of hydrogen-bond donors (Lipinski definition) is 1. The molecule has 1 atom stereocenters. The molecular weight excluding hydrogens is 303 g/mol. The zero-order valence-corrected chi connectivity index (χ0v) is 14.6. The van der Waals surface area contributed by atoms with E-state index in [1.54, 1.807) is 0 Å². The largest absolute Gasteiger partial charge is 0.307 e. The Balaban J connectivity index is 1.84. The predicted molar refractivity (Wildman–Crippen MR) is 92.4 cm³/mol. The van der Waals surface area contributed by atoms with Gasteiger partial charge in [0.2, 0.25) is 0 Å². The van der Waals surface area contributed by atoms with Gasteiger partial charge in [-0.25, -0.2) is 0 Å². The Labute approximate surface area is 138 Å². The number of rotatable bonds is 6. The van der Waals surface area contributed by atoms with Gasteiger partial charge in [-0.15, -0.1) is 0 Å².